The normalized spacial score (nSPS) is 11.4. The van der Waals surface area contributed by atoms with Crippen molar-refractivity contribution >= 4 is 17.0 Å². The van der Waals surface area contributed by atoms with Crippen LogP contribution in [0.25, 0.3) is 16.6 Å². The van der Waals surface area contributed by atoms with Gasteiger partial charge in [0.1, 0.15) is 22.6 Å². The Kier molecular flexibility index (Phi) is 5.44. The van der Waals surface area contributed by atoms with Crippen LogP contribution >= 0.6 is 0 Å². The second-order valence-electron chi connectivity index (χ2n) is 7.32. The van der Waals surface area contributed by atoms with Crippen LogP contribution in [-0.2, 0) is 11.2 Å². The molecule has 0 fully saturated rings. The van der Waals surface area contributed by atoms with Crippen LogP contribution < -0.4 is 10.9 Å². The minimum atomic E-state index is -0.613. The van der Waals surface area contributed by atoms with E-state index in [2.05, 4.69) is 10.3 Å². The quantitative estimate of drug-likeness (QED) is 0.747. The third kappa shape index (κ3) is 4.36. The van der Waals surface area contributed by atoms with Gasteiger partial charge in [-0.25, -0.2) is 14.2 Å². The van der Waals surface area contributed by atoms with Crippen molar-refractivity contribution < 1.29 is 13.9 Å². The van der Waals surface area contributed by atoms with Gasteiger partial charge in [0.25, 0.3) is 5.56 Å². The molecule has 6 nitrogen and oxygen atoms in total. The van der Waals surface area contributed by atoms with Gasteiger partial charge in [-0.05, 0) is 45.0 Å². The molecule has 7 heteroatoms. The number of rotatable bonds is 4. The molecular formula is C21H22FN3O3. The maximum atomic E-state index is 14.3. The first kappa shape index (κ1) is 19.5. The van der Waals surface area contributed by atoms with Crippen molar-refractivity contribution in [3.8, 4) is 5.69 Å². The molecule has 1 N–H and O–H groups in total. The first-order chi connectivity index (χ1) is 13.3. The Balaban J connectivity index is 1.97. The fourth-order valence-corrected chi connectivity index (χ4v) is 2.84. The summed E-state index contributed by atoms with van der Waals surface area (Å²) in [6.45, 7) is 5.55. The fourth-order valence-electron chi connectivity index (χ4n) is 2.84. The molecule has 0 saturated carbocycles. The highest BCUT2D eigenvalue weighted by Gasteiger charge is 2.18. The molecule has 3 aromatic rings. The molecule has 1 amide bonds. The Morgan fingerprint density at radius 2 is 1.86 bits per heavy atom. The molecule has 28 heavy (non-hydrogen) atoms. The largest absolute Gasteiger partial charge is 0.444 e. The van der Waals surface area contributed by atoms with Crippen molar-refractivity contribution in [2.75, 3.05) is 6.54 Å². The molecule has 0 aliphatic heterocycles. The molecule has 2 aromatic carbocycles. The Labute approximate surface area is 162 Å². The van der Waals surface area contributed by atoms with E-state index in [1.54, 1.807) is 51.1 Å². The van der Waals surface area contributed by atoms with Gasteiger partial charge in [0.15, 0.2) is 0 Å². The number of nitrogens with one attached hydrogen (secondary N) is 1. The number of alkyl carbamates (subject to hydrolysis) is 1. The van der Waals surface area contributed by atoms with Crippen molar-refractivity contribution in [3.63, 3.8) is 0 Å². The van der Waals surface area contributed by atoms with E-state index < -0.39 is 23.1 Å². The second kappa shape index (κ2) is 7.80. The molecule has 3 rings (SSSR count). The average molecular weight is 383 g/mol. The number of benzene rings is 2. The van der Waals surface area contributed by atoms with Gasteiger partial charge in [-0.3, -0.25) is 9.36 Å². The number of aromatic nitrogens is 2. The molecule has 0 unspecified atom stereocenters. The number of fused-ring (bicyclic) bond motifs is 1. The van der Waals surface area contributed by atoms with Gasteiger partial charge in [-0.1, -0.05) is 24.3 Å². The average Bonchev–Trinajstić information content (AvgIpc) is 2.61. The number of nitrogens with zero attached hydrogens (tertiary/aromatic N) is 2. The third-order valence-electron chi connectivity index (χ3n) is 3.95. The van der Waals surface area contributed by atoms with Gasteiger partial charge in [-0.15, -0.1) is 0 Å². The molecule has 0 spiro atoms. The third-order valence-corrected chi connectivity index (χ3v) is 3.95. The van der Waals surface area contributed by atoms with Gasteiger partial charge in [0.05, 0.1) is 11.2 Å². The fraction of sp³-hybridized carbons (Fsp3) is 0.286. The van der Waals surface area contributed by atoms with Gasteiger partial charge in [-0.2, -0.15) is 0 Å². The lowest BCUT2D eigenvalue weighted by molar-refractivity contribution is 0.0528. The molecular weight excluding hydrogens is 361 g/mol. The van der Waals surface area contributed by atoms with Gasteiger partial charge < -0.3 is 10.1 Å². The lowest BCUT2D eigenvalue weighted by Crippen LogP contribution is -2.34. The zero-order valence-electron chi connectivity index (χ0n) is 16.0. The number of carbonyl (C=O) groups is 1. The summed E-state index contributed by atoms with van der Waals surface area (Å²) in [6.07, 6.45) is -0.275. The number of halogens is 1. The number of hydrogen-bond acceptors (Lipinski definition) is 4. The summed E-state index contributed by atoms with van der Waals surface area (Å²) >= 11 is 0. The minimum absolute atomic E-state index is 0.0600. The molecule has 0 aliphatic rings. The van der Waals surface area contributed by atoms with Gasteiger partial charge >= 0.3 is 6.09 Å². The van der Waals surface area contributed by atoms with Crippen LogP contribution in [0.2, 0.25) is 0 Å². The smallest absolute Gasteiger partial charge is 0.407 e. The summed E-state index contributed by atoms with van der Waals surface area (Å²) in [4.78, 5) is 29.4. The molecule has 1 aromatic heterocycles. The van der Waals surface area contributed by atoms with E-state index >= 15 is 0 Å². The molecule has 0 bridgehead atoms. The first-order valence-corrected chi connectivity index (χ1v) is 8.99. The van der Waals surface area contributed by atoms with Crippen LogP contribution in [0.4, 0.5) is 9.18 Å². The lowest BCUT2D eigenvalue weighted by atomic mass is 10.2. The predicted octanol–water partition coefficient (Wildman–Crippen LogP) is 3.59. The highest BCUT2D eigenvalue weighted by atomic mass is 19.1. The zero-order valence-corrected chi connectivity index (χ0v) is 16.0. The van der Waals surface area contributed by atoms with Crippen LogP contribution in [0, 0.1) is 5.82 Å². The van der Waals surface area contributed by atoms with Crippen molar-refractivity contribution in [1.82, 2.24) is 14.9 Å². The predicted molar refractivity (Wildman–Crippen MR) is 105 cm³/mol. The number of para-hydroxylation sites is 1. The maximum absolute atomic E-state index is 14.3. The Morgan fingerprint density at radius 3 is 2.54 bits per heavy atom. The van der Waals surface area contributed by atoms with Crippen molar-refractivity contribution in [3.05, 3.63) is 70.5 Å². The van der Waals surface area contributed by atoms with Gasteiger partial charge in [0.2, 0.25) is 0 Å². The topological polar surface area (TPSA) is 73.2 Å². The van der Waals surface area contributed by atoms with E-state index in [-0.39, 0.29) is 23.9 Å². The monoisotopic (exact) mass is 383 g/mol. The highest BCUT2D eigenvalue weighted by molar-refractivity contribution is 5.78. The summed E-state index contributed by atoms with van der Waals surface area (Å²) in [5.41, 5.74) is -0.224. The molecule has 0 radical (unpaired) electrons. The molecule has 146 valence electrons. The Bertz CT molecular complexity index is 1060. The van der Waals surface area contributed by atoms with E-state index in [1.807, 2.05) is 6.07 Å². The van der Waals surface area contributed by atoms with E-state index in [4.69, 9.17) is 4.74 Å². The van der Waals surface area contributed by atoms with Crippen molar-refractivity contribution in [1.29, 1.82) is 0 Å². The zero-order chi connectivity index (χ0) is 20.3. The molecule has 0 aliphatic carbocycles. The van der Waals surface area contributed by atoms with E-state index in [9.17, 15) is 14.0 Å². The molecule has 1 heterocycles. The van der Waals surface area contributed by atoms with Crippen LogP contribution in [0.15, 0.2) is 53.3 Å². The molecule has 0 atom stereocenters. The number of amides is 1. The van der Waals surface area contributed by atoms with Gasteiger partial charge in [0, 0.05) is 13.0 Å². The lowest BCUT2D eigenvalue weighted by Gasteiger charge is -2.20. The maximum Gasteiger partial charge on any atom is 0.407 e. The summed E-state index contributed by atoms with van der Waals surface area (Å²) in [7, 11) is 0. The van der Waals surface area contributed by atoms with Crippen LogP contribution in [0.5, 0.6) is 0 Å². The summed E-state index contributed by atoms with van der Waals surface area (Å²) in [6, 6.07) is 13.3. The van der Waals surface area contributed by atoms with Crippen LogP contribution in [0.3, 0.4) is 0 Å². The number of hydrogen-bond donors (Lipinski definition) is 1. The standard InChI is InChI=1S/C21H22FN3O3/c1-21(2,3)28-20(27)23-13-12-17-24-16-11-7-10-15(22)18(16)19(26)25(17)14-8-5-4-6-9-14/h4-11H,12-13H2,1-3H3,(H,23,27). The summed E-state index contributed by atoms with van der Waals surface area (Å²) in [5, 5.41) is 2.59. The van der Waals surface area contributed by atoms with Crippen molar-refractivity contribution in [2.24, 2.45) is 0 Å². The SMILES string of the molecule is CC(C)(C)OC(=O)NCCc1nc2cccc(F)c2c(=O)n1-c1ccccc1. The Hall–Kier alpha value is -3.22. The van der Waals surface area contributed by atoms with E-state index in [0.717, 1.165) is 0 Å². The summed E-state index contributed by atoms with van der Waals surface area (Å²) < 4.78 is 20.9. The van der Waals surface area contributed by atoms with Crippen molar-refractivity contribution in [2.45, 2.75) is 32.8 Å². The highest BCUT2D eigenvalue weighted by Crippen LogP contribution is 2.16. The summed E-state index contributed by atoms with van der Waals surface area (Å²) in [5.74, 6) is -0.191. The molecule has 0 saturated heterocycles. The first-order valence-electron chi connectivity index (χ1n) is 8.99. The minimum Gasteiger partial charge on any atom is -0.444 e. The van der Waals surface area contributed by atoms with Crippen LogP contribution in [-0.4, -0.2) is 27.8 Å². The Morgan fingerprint density at radius 1 is 1.14 bits per heavy atom. The number of carbonyl (C=O) groups excluding carboxylic acids is 1. The van der Waals surface area contributed by atoms with Crippen LogP contribution in [0.1, 0.15) is 26.6 Å². The second-order valence-corrected chi connectivity index (χ2v) is 7.32. The van der Waals surface area contributed by atoms with E-state index in [1.165, 1.54) is 16.7 Å². The van der Waals surface area contributed by atoms with E-state index in [0.29, 0.717) is 11.5 Å². The number of ether oxygens (including phenoxy) is 1.